The van der Waals surface area contributed by atoms with Crippen molar-refractivity contribution in [3.05, 3.63) is 35.9 Å². The van der Waals surface area contributed by atoms with Crippen molar-refractivity contribution in [1.29, 1.82) is 0 Å². The molecule has 1 fully saturated rings. The van der Waals surface area contributed by atoms with Crippen molar-refractivity contribution in [2.75, 3.05) is 11.5 Å². The van der Waals surface area contributed by atoms with Gasteiger partial charge in [0.05, 0.1) is 4.58 Å². The van der Waals surface area contributed by atoms with Crippen molar-refractivity contribution in [3.8, 4) is 0 Å². The fourth-order valence-electron chi connectivity index (χ4n) is 1.87. The summed E-state index contributed by atoms with van der Waals surface area (Å²) >= 11 is 3.92. The van der Waals surface area contributed by atoms with Crippen LogP contribution in [0.15, 0.2) is 30.3 Å². The molecule has 0 radical (unpaired) electrons. The first-order valence-electron chi connectivity index (χ1n) is 6.18. The molecule has 0 atom stereocenters. The summed E-state index contributed by atoms with van der Waals surface area (Å²) < 4.78 is 0.461. The maximum atomic E-state index is 12.1. The summed E-state index contributed by atoms with van der Waals surface area (Å²) in [7, 11) is 0. The van der Waals surface area contributed by atoms with Gasteiger partial charge in [0, 0.05) is 12.0 Å². The first-order valence-corrected chi connectivity index (χ1v) is 8.27. The molecule has 1 saturated heterocycles. The number of hydrogen-bond donors (Lipinski definition) is 0. The first kappa shape index (κ1) is 13.0. The van der Waals surface area contributed by atoms with Gasteiger partial charge in [-0.2, -0.15) is 0 Å². The normalized spacial score (nSPS) is 18.4. The molecule has 0 spiro atoms. The molecular formula is C14H18OS2. The molecule has 1 aliphatic heterocycles. The van der Waals surface area contributed by atoms with Crippen LogP contribution in [0, 0.1) is 0 Å². The van der Waals surface area contributed by atoms with Crippen LogP contribution >= 0.6 is 23.5 Å². The molecule has 0 amide bonds. The summed E-state index contributed by atoms with van der Waals surface area (Å²) in [5, 5.41) is 0. The zero-order valence-electron chi connectivity index (χ0n) is 9.93. The van der Waals surface area contributed by atoms with Crippen molar-refractivity contribution >= 4 is 29.3 Å². The first-order chi connectivity index (χ1) is 8.36. The van der Waals surface area contributed by atoms with E-state index < -0.39 is 0 Å². The number of thioether (sulfide) groups is 2. The zero-order chi connectivity index (χ0) is 11.9. The van der Waals surface area contributed by atoms with Crippen molar-refractivity contribution in [2.24, 2.45) is 0 Å². The molecule has 1 aliphatic rings. The predicted octanol–water partition coefficient (Wildman–Crippen LogP) is 4.24. The van der Waals surface area contributed by atoms with Crippen LogP contribution in [-0.4, -0.2) is 21.9 Å². The number of hydrogen-bond acceptors (Lipinski definition) is 3. The minimum absolute atomic E-state index is 0.288. The van der Waals surface area contributed by atoms with E-state index in [2.05, 4.69) is 0 Å². The van der Waals surface area contributed by atoms with Crippen LogP contribution < -0.4 is 0 Å². The lowest BCUT2D eigenvalue weighted by molar-refractivity contribution is 0.0987. The number of rotatable bonds is 3. The Kier molecular flexibility index (Phi) is 5.46. The highest BCUT2D eigenvalue weighted by atomic mass is 32.2. The summed E-state index contributed by atoms with van der Waals surface area (Å²) in [5.41, 5.74) is 0.857. The van der Waals surface area contributed by atoms with Crippen molar-refractivity contribution in [1.82, 2.24) is 0 Å². The minimum atomic E-state index is 0.288. The summed E-state index contributed by atoms with van der Waals surface area (Å²) in [6.07, 6.45) is 4.64. The van der Waals surface area contributed by atoms with Gasteiger partial charge in [-0.25, -0.2) is 0 Å². The standard InChI is InChI=1S/C14H18OS2/c15-13(12-7-3-1-4-8-12)11-14-16-9-5-2-6-10-17-14/h1,3-4,7-8,14H,2,5-6,9-11H2. The highest BCUT2D eigenvalue weighted by Gasteiger charge is 2.17. The van der Waals surface area contributed by atoms with Crippen molar-refractivity contribution in [2.45, 2.75) is 30.3 Å². The van der Waals surface area contributed by atoms with E-state index in [1.54, 1.807) is 0 Å². The van der Waals surface area contributed by atoms with E-state index in [0.717, 1.165) is 5.56 Å². The second kappa shape index (κ2) is 7.12. The van der Waals surface area contributed by atoms with Gasteiger partial charge in [-0.05, 0) is 24.3 Å². The van der Waals surface area contributed by atoms with Crippen LogP contribution in [-0.2, 0) is 0 Å². The molecule has 0 saturated carbocycles. The lowest BCUT2D eigenvalue weighted by Gasteiger charge is -2.18. The Bertz CT molecular complexity index is 342. The third-order valence-corrected chi connectivity index (χ3v) is 5.79. The highest BCUT2D eigenvalue weighted by Crippen LogP contribution is 2.31. The Morgan fingerprint density at radius 2 is 1.71 bits per heavy atom. The van der Waals surface area contributed by atoms with Gasteiger partial charge in [0.1, 0.15) is 0 Å². The van der Waals surface area contributed by atoms with Crippen LogP contribution in [0.1, 0.15) is 36.0 Å². The molecule has 3 heteroatoms. The van der Waals surface area contributed by atoms with Crippen molar-refractivity contribution < 1.29 is 4.79 Å². The fourth-order valence-corrected chi connectivity index (χ4v) is 4.64. The maximum Gasteiger partial charge on any atom is 0.164 e. The SMILES string of the molecule is O=C(CC1SCCCCCS1)c1ccccc1. The largest absolute Gasteiger partial charge is 0.294 e. The van der Waals surface area contributed by atoms with Gasteiger partial charge in [-0.1, -0.05) is 36.8 Å². The highest BCUT2D eigenvalue weighted by molar-refractivity contribution is 8.17. The number of carbonyl (C=O) groups excluding carboxylic acids is 1. The van der Waals surface area contributed by atoms with E-state index in [9.17, 15) is 4.79 Å². The fraction of sp³-hybridized carbons (Fsp3) is 0.500. The molecule has 0 bridgehead atoms. The summed E-state index contributed by atoms with van der Waals surface area (Å²) in [4.78, 5) is 12.1. The Morgan fingerprint density at radius 3 is 2.35 bits per heavy atom. The second-order valence-corrected chi connectivity index (χ2v) is 7.14. The van der Waals surface area contributed by atoms with E-state index >= 15 is 0 Å². The lowest BCUT2D eigenvalue weighted by atomic mass is 10.1. The molecule has 1 heterocycles. The number of benzene rings is 1. The van der Waals surface area contributed by atoms with E-state index in [4.69, 9.17) is 0 Å². The monoisotopic (exact) mass is 266 g/mol. The molecule has 0 N–H and O–H groups in total. The average molecular weight is 266 g/mol. The lowest BCUT2D eigenvalue weighted by Crippen LogP contribution is -2.10. The number of Topliss-reactive ketones (excluding diaryl/α,β-unsaturated/α-hetero) is 1. The third-order valence-electron chi connectivity index (χ3n) is 2.84. The Labute approximate surface area is 112 Å². The Hall–Kier alpha value is -0.410. The molecule has 0 aromatic heterocycles. The van der Waals surface area contributed by atoms with Crippen LogP contribution in [0.2, 0.25) is 0 Å². The van der Waals surface area contributed by atoms with Gasteiger partial charge < -0.3 is 0 Å². The topological polar surface area (TPSA) is 17.1 Å². The second-order valence-electron chi connectivity index (χ2n) is 4.23. The molecule has 2 rings (SSSR count). The van der Waals surface area contributed by atoms with Gasteiger partial charge in [-0.15, -0.1) is 23.5 Å². The van der Waals surface area contributed by atoms with E-state index in [1.165, 1.54) is 30.8 Å². The maximum absolute atomic E-state index is 12.1. The van der Waals surface area contributed by atoms with Crippen LogP contribution in [0.3, 0.4) is 0 Å². The number of ketones is 1. The predicted molar refractivity (Wildman–Crippen MR) is 77.9 cm³/mol. The van der Waals surface area contributed by atoms with Gasteiger partial charge in [0.25, 0.3) is 0 Å². The van der Waals surface area contributed by atoms with Crippen molar-refractivity contribution in [3.63, 3.8) is 0 Å². The van der Waals surface area contributed by atoms with Crippen LogP contribution in [0.4, 0.5) is 0 Å². The Morgan fingerprint density at radius 1 is 1.06 bits per heavy atom. The minimum Gasteiger partial charge on any atom is -0.294 e. The van der Waals surface area contributed by atoms with Gasteiger partial charge in [-0.3, -0.25) is 4.79 Å². The molecule has 92 valence electrons. The summed E-state index contributed by atoms with van der Waals surface area (Å²) in [6, 6.07) is 9.66. The molecule has 1 aromatic carbocycles. The van der Waals surface area contributed by atoms with Crippen LogP contribution in [0.5, 0.6) is 0 Å². The summed E-state index contributed by atoms with van der Waals surface area (Å²) in [5.74, 6) is 2.70. The smallest absolute Gasteiger partial charge is 0.164 e. The molecular weight excluding hydrogens is 248 g/mol. The number of carbonyl (C=O) groups is 1. The molecule has 0 aliphatic carbocycles. The van der Waals surface area contributed by atoms with Gasteiger partial charge in [0.2, 0.25) is 0 Å². The molecule has 1 nitrogen and oxygen atoms in total. The molecule has 1 aromatic rings. The van der Waals surface area contributed by atoms with E-state index in [-0.39, 0.29) is 5.78 Å². The van der Waals surface area contributed by atoms with Crippen LogP contribution in [0.25, 0.3) is 0 Å². The Balaban J connectivity index is 1.88. The van der Waals surface area contributed by atoms with Gasteiger partial charge in [0.15, 0.2) is 5.78 Å². The molecule has 17 heavy (non-hydrogen) atoms. The van der Waals surface area contributed by atoms with Gasteiger partial charge >= 0.3 is 0 Å². The third kappa shape index (κ3) is 4.40. The summed E-state index contributed by atoms with van der Waals surface area (Å²) in [6.45, 7) is 0. The zero-order valence-corrected chi connectivity index (χ0v) is 11.6. The quantitative estimate of drug-likeness (QED) is 0.762. The van der Waals surface area contributed by atoms with E-state index in [0.29, 0.717) is 11.0 Å². The molecule has 0 unspecified atom stereocenters. The van der Waals surface area contributed by atoms with E-state index in [1.807, 2.05) is 53.9 Å². The average Bonchev–Trinajstić information content (AvgIpc) is 2.33.